The minimum Gasteiger partial charge on any atom is -0.339 e. The van der Waals surface area contributed by atoms with Gasteiger partial charge in [0, 0.05) is 18.0 Å². The third-order valence-electron chi connectivity index (χ3n) is 3.51. The number of carbonyl (C=O) groups excluding carboxylic acids is 1. The highest BCUT2D eigenvalue weighted by atomic mass is 35.5. The molecule has 3 nitrogen and oxygen atoms in total. The molecule has 0 radical (unpaired) electrons. The van der Waals surface area contributed by atoms with Crippen molar-refractivity contribution in [1.82, 2.24) is 10.2 Å². The van der Waals surface area contributed by atoms with Gasteiger partial charge in [0.2, 0.25) is 0 Å². The maximum absolute atomic E-state index is 12.5. The average molecular weight is 301 g/mol. The number of nitrogens with zero attached hydrogens (tertiary/aromatic N) is 1. The molecule has 19 heavy (non-hydrogen) atoms. The first kappa shape index (κ1) is 16.3. The summed E-state index contributed by atoms with van der Waals surface area (Å²) in [7, 11) is 1.93. The molecule has 0 atom stereocenters. The van der Waals surface area contributed by atoms with Crippen molar-refractivity contribution in [3.05, 3.63) is 29.8 Å². The van der Waals surface area contributed by atoms with Crippen LogP contribution in [-0.2, 0) is 0 Å². The molecule has 1 fully saturated rings. The van der Waals surface area contributed by atoms with E-state index in [1.54, 1.807) is 11.8 Å². The number of hydrogen-bond acceptors (Lipinski definition) is 3. The fraction of sp³-hybridized carbons (Fsp3) is 0.500. The number of hydrogen-bond donors (Lipinski definition) is 1. The second-order valence-corrected chi connectivity index (χ2v) is 5.45. The van der Waals surface area contributed by atoms with Gasteiger partial charge in [0.15, 0.2) is 0 Å². The maximum Gasteiger partial charge on any atom is 0.254 e. The zero-order valence-electron chi connectivity index (χ0n) is 11.4. The van der Waals surface area contributed by atoms with Crippen LogP contribution in [0.2, 0.25) is 0 Å². The highest BCUT2D eigenvalue weighted by Gasteiger charge is 2.23. The summed E-state index contributed by atoms with van der Waals surface area (Å²) in [5, 5.41) is 3.33. The van der Waals surface area contributed by atoms with Gasteiger partial charge in [-0.2, -0.15) is 0 Å². The molecular formula is C14H21ClN2OS. The lowest BCUT2D eigenvalue weighted by Gasteiger charge is -2.32. The van der Waals surface area contributed by atoms with Gasteiger partial charge in [-0.3, -0.25) is 4.79 Å². The van der Waals surface area contributed by atoms with Gasteiger partial charge in [-0.1, -0.05) is 12.1 Å². The number of rotatable bonds is 3. The fourth-order valence-corrected chi connectivity index (χ4v) is 2.96. The number of amides is 1. The molecule has 1 amide bonds. The lowest BCUT2D eigenvalue weighted by atomic mass is 10.0. The molecule has 5 heteroatoms. The number of halogens is 1. The topological polar surface area (TPSA) is 32.3 Å². The predicted molar refractivity (Wildman–Crippen MR) is 83.5 cm³/mol. The smallest absolute Gasteiger partial charge is 0.254 e. The predicted octanol–water partition coefficient (Wildman–Crippen LogP) is 2.65. The number of carbonyl (C=O) groups is 1. The quantitative estimate of drug-likeness (QED) is 0.871. The lowest BCUT2D eigenvalue weighted by molar-refractivity contribution is 0.0700. The van der Waals surface area contributed by atoms with E-state index in [0.29, 0.717) is 6.04 Å². The molecule has 106 valence electrons. The second kappa shape index (κ2) is 7.78. The van der Waals surface area contributed by atoms with Gasteiger partial charge in [-0.15, -0.1) is 24.2 Å². The zero-order chi connectivity index (χ0) is 13.0. The van der Waals surface area contributed by atoms with Crippen molar-refractivity contribution in [2.75, 3.05) is 26.4 Å². The van der Waals surface area contributed by atoms with E-state index in [0.717, 1.165) is 36.4 Å². The average Bonchev–Trinajstić information content (AvgIpc) is 2.46. The summed E-state index contributed by atoms with van der Waals surface area (Å²) in [6.45, 7) is 2.01. The van der Waals surface area contributed by atoms with Crippen molar-refractivity contribution in [3.8, 4) is 0 Å². The Bertz CT molecular complexity index is 422. The second-order valence-electron chi connectivity index (χ2n) is 4.60. The maximum atomic E-state index is 12.5. The van der Waals surface area contributed by atoms with E-state index in [4.69, 9.17) is 0 Å². The van der Waals surface area contributed by atoms with Gasteiger partial charge >= 0.3 is 0 Å². The summed E-state index contributed by atoms with van der Waals surface area (Å²) < 4.78 is 0. The summed E-state index contributed by atoms with van der Waals surface area (Å²) in [5.74, 6) is 0.145. The molecule has 1 heterocycles. The molecule has 0 spiro atoms. The van der Waals surface area contributed by atoms with Crippen molar-refractivity contribution >= 4 is 30.1 Å². The molecule has 1 aromatic rings. The van der Waals surface area contributed by atoms with Crippen LogP contribution in [0.15, 0.2) is 29.2 Å². The molecule has 1 N–H and O–H groups in total. The van der Waals surface area contributed by atoms with Gasteiger partial charge in [0.05, 0.1) is 5.56 Å². The Labute approximate surface area is 125 Å². The lowest BCUT2D eigenvalue weighted by Crippen LogP contribution is -2.44. The Morgan fingerprint density at radius 1 is 1.32 bits per heavy atom. The van der Waals surface area contributed by atoms with Crippen molar-refractivity contribution < 1.29 is 4.79 Å². The van der Waals surface area contributed by atoms with E-state index in [-0.39, 0.29) is 18.3 Å². The van der Waals surface area contributed by atoms with E-state index >= 15 is 0 Å². The van der Waals surface area contributed by atoms with Crippen LogP contribution in [0.3, 0.4) is 0 Å². The van der Waals surface area contributed by atoms with Gasteiger partial charge in [0.25, 0.3) is 5.91 Å². The monoisotopic (exact) mass is 300 g/mol. The standard InChI is InChI=1S/C14H20N2OS.ClH/c1-16(11-7-9-15-10-8-11)14(17)12-5-3-4-6-13(12)18-2;/h3-6,11,15H,7-10H2,1-2H3;1H. The highest BCUT2D eigenvalue weighted by Crippen LogP contribution is 2.22. The van der Waals surface area contributed by atoms with Crippen LogP contribution in [0.5, 0.6) is 0 Å². The van der Waals surface area contributed by atoms with Gasteiger partial charge in [0.1, 0.15) is 0 Å². The molecule has 0 aromatic heterocycles. The Morgan fingerprint density at radius 2 is 1.95 bits per heavy atom. The van der Waals surface area contributed by atoms with Crippen LogP contribution >= 0.6 is 24.2 Å². The van der Waals surface area contributed by atoms with E-state index in [1.165, 1.54) is 0 Å². The molecule has 0 aliphatic carbocycles. The number of nitrogens with one attached hydrogen (secondary N) is 1. The van der Waals surface area contributed by atoms with Crippen LogP contribution in [-0.4, -0.2) is 43.2 Å². The van der Waals surface area contributed by atoms with Crippen molar-refractivity contribution in [1.29, 1.82) is 0 Å². The van der Waals surface area contributed by atoms with Crippen LogP contribution in [0.25, 0.3) is 0 Å². The molecule has 1 aliphatic rings. The summed E-state index contributed by atoms with van der Waals surface area (Å²) >= 11 is 1.63. The van der Waals surface area contributed by atoms with E-state index in [2.05, 4.69) is 5.32 Å². The van der Waals surface area contributed by atoms with Gasteiger partial charge in [-0.25, -0.2) is 0 Å². The summed E-state index contributed by atoms with van der Waals surface area (Å²) in [6, 6.07) is 8.21. The van der Waals surface area contributed by atoms with Crippen LogP contribution in [0.4, 0.5) is 0 Å². The molecule has 0 bridgehead atoms. The molecule has 1 aromatic carbocycles. The van der Waals surface area contributed by atoms with Gasteiger partial charge in [-0.05, 0) is 44.3 Å². The minimum absolute atomic E-state index is 0. The van der Waals surface area contributed by atoms with E-state index in [1.807, 2.05) is 42.5 Å². The van der Waals surface area contributed by atoms with Crippen LogP contribution < -0.4 is 5.32 Å². The van der Waals surface area contributed by atoms with Crippen LogP contribution in [0, 0.1) is 0 Å². The molecular weight excluding hydrogens is 280 g/mol. The molecule has 1 aliphatic heterocycles. The number of thioether (sulfide) groups is 1. The Hall–Kier alpha value is -0.710. The zero-order valence-corrected chi connectivity index (χ0v) is 13.0. The van der Waals surface area contributed by atoms with Gasteiger partial charge < -0.3 is 10.2 Å². The van der Waals surface area contributed by atoms with Crippen molar-refractivity contribution in [2.45, 2.75) is 23.8 Å². The summed E-state index contributed by atoms with van der Waals surface area (Å²) in [6.07, 6.45) is 4.10. The first-order chi connectivity index (χ1) is 8.74. The van der Waals surface area contributed by atoms with Crippen molar-refractivity contribution in [3.63, 3.8) is 0 Å². The first-order valence-electron chi connectivity index (χ1n) is 6.35. The van der Waals surface area contributed by atoms with Crippen LogP contribution in [0.1, 0.15) is 23.2 Å². The fourth-order valence-electron chi connectivity index (χ4n) is 2.37. The third-order valence-corrected chi connectivity index (χ3v) is 4.31. The Kier molecular flexibility index (Phi) is 6.69. The first-order valence-corrected chi connectivity index (χ1v) is 7.57. The van der Waals surface area contributed by atoms with E-state index < -0.39 is 0 Å². The number of piperidine rings is 1. The SMILES string of the molecule is CSc1ccccc1C(=O)N(C)C1CCNCC1.Cl. The number of benzene rings is 1. The molecule has 0 unspecified atom stereocenters. The molecule has 2 rings (SSSR count). The molecule has 0 saturated carbocycles. The Balaban J connectivity index is 0.00000180. The molecule has 1 saturated heterocycles. The minimum atomic E-state index is 0. The summed E-state index contributed by atoms with van der Waals surface area (Å²) in [4.78, 5) is 15.5. The Morgan fingerprint density at radius 3 is 2.58 bits per heavy atom. The highest BCUT2D eigenvalue weighted by molar-refractivity contribution is 7.98. The summed E-state index contributed by atoms with van der Waals surface area (Å²) in [5.41, 5.74) is 0.825. The third kappa shape index (κ3) is 3.88. The van der Waals surface area contributed by atoms with E-state index in [9.17, 15) is 4.79 Å². The largest absolute Gasteiger partial charge is 0.339 e. The normalized spacial score (nSPS) is 15.7. The van der Waals surface area contributed by atoms with Crippen molar-refractivity contribution in [2.24, 2.45) is 0 Å².